The lowest BCUT2D eigenvalue weighted by molar-refractivity contribution is -0.119. The molecular formula is C18H21N3O4. The maximum Gasteiger partial charge on any atom is 0.359 e. The molecule has 0 aliphatic carbocycles. The molecule has 1 aromatic carbocycles. The third-order valence-corrected chi connectivity index (χ3v) is 3.35. The molecule has 1 amide bonds. The minimum atomic E-state index is -0.750. The fraction of sp³-hybridized carbons (Fsp3) is 0.333. The monoisotopic (exact) mass is 343 g/mol. The van der Waals surface area contributed by atoms with E-state index in [0.29, 0.717) is 18.7 Å². The number of ether oxygens (including phenoxy) is 1. The first-order valence-corrected chi connectivity index (χ1v) is 8.02. The highest BCUT2D eigenvalue weighted by Crippen LogP contribution is 2.13. The van der Waals surface area contributed by atoms with Gasteiger partial charge in [0.1, 0.15) is 0 Å². The van der Waals surface area contributed by atoms with Crippen LogP contribution in [0.1, 0.15) is 35.0 Å². The van der Waals surface area contributed by atoms with Crippen molar-refractivity contribution in [1.29, 1.82) is 0 Å². The van der Waals surface area contributed by atoms with E-state index < -0.39 is 18.5 Å². The Hall–Kier alpha value is -2.96. The zero-order valence-electron chi connectivity index (χ0n) is 14.5. The number of hydrogen-bond acceptors (Lipinski definition) is 5. The second-order valence-electron chi connectivity index (χ2n) is 5.78. The largest absolute Gasteiger partial charge is 0.451 e. The SMILES string of the molecule is CCCn1nc(C(=O)OCC(=O)Nc2cc(C)cc(C)c2)ccc1=O. The molecule has 2 rings (SSSR count). The van der Waals surface area contributed by atoms with Gasteiger partial charge in [0.25, 0.3) is 11.5 Å². The van der Waals surface area contributed by atoms with Crippen molar-refractivity contribution < 1.29 is 14.3 Å². The van der Waals surface area contributed by atoms with Gasteiger partial charge in [-0.25, -0.2) is 9.48 Å². The summed E-state index contributed by atoms with van der Waals surface area (Å²) in [5.74, 6) is -1.19. The van der Waals surface area contributed by atoms with E-state index in [4.69, 9.17) is 4.74 Å². The third-order valence-electron chi connectivity index (χ3n) is 3.35. The maximum atomic E-state index is 12.0. The first kappa shape index (κ1) is 18.4. The van der Waals surface area contributed by atoms with Gasteiger partial charge in [0.15, 0.2) is 12.3 Å². The van der Waals surface area contributed by atoms with Gasteiger partial charge < -0.3 is 10.1 Å². The van der Waals surface area contributed by atoms with Crippen LogP contribution in [0.2, 0.25) is 0 Å². The molecule has 0 aliphatic heterocycles. The average molecular weight is 343 g/mol. The minimum absolute atomic E-state index is 0.00718. The zero-order valence-corrected chi connectivity index (χ0v) is 14.5. The quantitative estimate of drug-likeness (QED) is 0.811. The summed E-state index contributed by atoms with van der Waals surface area (Å²) in [6, 6.07) is 8.20. The van der Waals surface area contributed by atoms with E-state index in [0.717, 1.165) is 11.1 Å². The standard InChI is InChI=1S/C18H21N3O4/c1-4-7-21-17(23)6-5-15(20-21)18(24)25-11-16(22)19-14-9-12(2)8-13(3)10-14/h5-6,8-10H,4,7,11H2,1-3H3,(H,19,22). The predicted molar refractivity (Wildman–Crippen MR) is 93.6 cm³/mol. The molecule has 0 atom stereocenters. The van der Waals surface area contributed by atoms with Crippen molar-refractivity contribution in [3.8, 4) is 0 Å². The highest BCUT2D eigenvalue weighted by atomic mass is 16.5. The molecule has 0 spiro atoms. The van der Waals surface area contributed by atoms with E-state index in [9.17, 15) is 14.4 Å². The molecule has 0 saturated carbocycles. The van der Waals surface area contributed by atoms with Crippen molar-refractivity contribution in [2.24, 2.45) is 0 Å². The van der Waals surface area contributed by atoms with Crippen molar-refractivity contribution in [1.82, 2.24) is 9.78 Å². The number of aryl methyl sites for hydroxylation is 3. The van der Waals surface area contributed by atoms with E-state index in [-0.39, 0.29) is 11.3 Å². The molecule has 0 aliphatic rings. The normalized spacial score (nSPS) is 10.4. The molecule has 0 saturated heterocycles. The Morgan fingerprint density at radius 3 is 2.48 bits per heavy atom. The molecule has 1 N–H and O–H groups in total. The summed E-state index contributed by atoms with van der Waals surface area (Å²) >= 11 is 0. The first-order chi connectivity index (χ1) is 11.9. The number of carbonyl (C=O) groups excluding carboxylic acids is 2. The van der Waals surface area contributed by atoms with E-state index in [1.807, 2.05) is 39.0 Å². The molecular weight excluding hydrogens is 322 g/mol. The van der Waals surface area contributed by atoms with Crippen molar-refractivity contribution in [3.63, 3.8) is 0 Å². The second kappa shape index (κ2) is 8.23. The van der Waals surface area contributed by atoms with Crippen LogP contribution >= 0.6 is 0 Å². The molecule has 25 heavy (non-hydrogen) atoms. The van der Waals surface area contributed by atoms with Gasteiger partial charge in [-0.1, -0.05) is 13.0 Å². The first-order valence-electron chi connectivity index (χ1n) is 8.02. The summed E-state index contributed by atoms with van der Waals surface area (Å²) in [7, 11) is 0. The van der Waals surface area contributed by atoms with Gasteiger partial charge in [-0.15, -0.1) is 0 Å². The van der Waals surface area contributed by atoms with Crippen LogP contribution in [0, 0.1) is 13.8 Å². The molecule has 1 aromatic heterocycles. The van der Waals surface area contributed by atoms with Crippen molar-refractivity contribution >= 4 is 17.6 Å². The predicted octanol–water partition coefficient (Wildman–Crippen LogP) is 2.07. The van der Waals surface area contributed by atoms with Gasteiger partial charge in [0.05, 0.1) is 0 Å². The Morgan fingerprint density at radius 2 is 1.84 bits per heavy atom. The molecule has 7 heteroatoms. The van der Waals surface area contributed by atoms with Crippen LogP contribution in [0.5, 0.6) is 0 Å². The van der Waals surface area contributed by atoms with Crippen LogP contribution in [0.25, 0.3) is 0 Å². The van der Waals surface area contributed by atoms with Gasteiger partial charge in [-0.05, 0) is 49.6 Å². The lowest BCUT2D eigenvalue weighted by Gasteiger charge is -2.09. The molecule has 2 aromatic rings. The summed E-state index contributed by atoms with van der Waals surface area (Å²) in [6.07, 6.45) is 0.712. The Kier molecular flexibility index (Phi) is 6.05. The molecule has 0 unspecified atom stereocenters. The Balaban J connectivity index is 1.96. The van der Waals surface area contributed by atoms with E-state index in [2.05, 4.69) is 10.4 Å². The van der Waals surface area contributed by atoms with E-state index in [1.54, 1.807) is 0 Å². The maximum absolute atomic E-state index is 12.0. The van der Waals surface area contributed by atoms with Crippen LogP contribution in [0.4, 0.5) is 5.69 Å². The molecule has 0 bridgehead atoms. The molecule has 0 radical (unpaired) electrons. The number of amides is 1. The number of benzene rings is 1. The number of aromatic nitrogens is 2. The van der Waals surface area contributed by atoms with Crippen molar-refractivity contribution in [3.05, 3.63) is 57.5 Å². The fourth-order valence-electron chi connectivity index (χ4n) is 2.38. The molecule has 7 nitrogen and oxygen atoms in total. The van der Waals surface area contributed by atoms with Crippen LogP contribution in [-0.4, -0.2) is 28.3 Å². The van der Waals surface area contributed by atoms with Gasteiger partial charge in [-0.2, -0.15) is 5.10 Å². The molecule has 132 valence electrons. The number of carbonyl (C=O) groups is 2. The number of nitrogens with zero attached hydrogens (tertiary/aromatic N) is 2. The second-order valence-corrected chi connectivity index (χ2v) is 5.78. The topological polar surface area (TPSA) is 90.3 Å². The molecule has 1 heterocycles. The van der Waals surface area contributed by atoms with Crippen molar-refractivity contribution in [2.45, 2.75) is 33.7 Å². The van der Waals surface area contributed by atoms with Crippen molar-refractivity contribution in [2.75, 3.05) is 11.9 Å². The lowest BCUT2D eigenvalue weighted by atomic mass is 10.1. The lowest BCUT2D eigenvalue weighted by Crippen LogP contribution is -2.26. The molecule has 0 fully saturated rings. The Labute approximate surface area is 145 Å². The average Bonchev–Trinajstić information content (AvgIpc) is 2.54. The summed E-state index contributed by atoms with van der Waals surface area (Å²) in [5, 5.41) is 6.62. The smallest absolute Gasteiger partial charge is 0.359 e. The fourth-order valence-corrected chi connectivity index (χ4v) is 2.38. The van der Waals surface area contributed by atoms with Crippen LogP contribution < -0.4 is 10.9 Å². The highest BCUT2D eigenvalue weighted by molar-refractivity contribution is 5.94. The number of anilines is 1. The number of nitrogens with one attached hydrogen (secondary N) is 1. The van der Waals surface area contributed by atoms with Gasteiger partial charge in [-0.3, -0.25) is 9.59 Å². The van der Waals surface area contributed by atoms with Gasteiger partial charge in [0.2, 0.25) is 0 Å². The zero-order chi connectivity index (χ0) is 18.4. The Morgan fingerprint density at radius 1 is 1.16 bits per heavy atom. The summed E-state index contributed by atoms with van der Waals surface area (Å²) < 4.78 is 6.17. The number of hydrogen-bond donors (Lipinski definition) is 1. The van der Waals surface area contributed by atoms with E-state index in [1.165, 1.54) is 16.8 Å². The van der Waals surface area contributed by atoms with Crippen LogP contribution in [-0.2, 0) is 16.1 Å². The van der Waals surface area contributed by atoms with E-state index >= 15 is 0 Å². The van der Waals surface area contributed by atoms with Crippen LogP contribution in [0.3, 0.4) is 0 Å². The number of esters is 1. The summed E-state index contributed by atoms with van der Waals surface area (Å²) in [5.41, 5.74) is 2.40. The Bertz CT molecular complexity index is 822. The summed E-state index contributed by atoms with van der Waals surface area (Å²) in [4.78, 5) is 35.5. The third kappa shape index (κ3) is 5.27. The minimum Gasteiger partial charge on any atom is -0.451 e. The summed E-state index contributed by atoms with van der Waals surface area (Å²) in [6.45, 7) is 5.74. The highest BCUT2D eigenvalue weighted by Gasteiger charge is 2.13. The van der Waals surface area contributed by atoms with Gasteiger partial charge in [0, 0.05) is 18.3 Å². The van der Waals surface area contributed by atoms with Gasteiger partial charge >= 0.3 is 5.97 Å². The number of rotatable bonds is 6. The van der Waals surface area contributed by atoms with Crippen LogP contribution in [0.15, 0.2) is 35.1 Å².